The molecule has 1 rings (SSSR count). The van der Waals surface area contributed by atoms with E-state index in [4.69, 9.17) is 4.74 Å². The lowest BCUT2D eigenvalue weighted by molar-refractivity contribution is 0.0810. The summed E-state index contributed by atoms with van der Waals surface area (Å²) in [6.45, 7) is 4.37. The number of ether oxygens (including phenoxy) is 1. The molecule has 0 bridgehead atoms. The first-order valence-corrected chi connectivity index (χ1v) is 5.23. The molecule has 82 valence electrons. The number of nitrogens with zero attached hydrogens (tertiary/aromatic N) is 2. The summed E-state index contributed by atoms with van der Waals surface area (Å²) < 4.78 is 4.96. The lowest BCUT2D eigenvalue weighted by Crippen LogP contribution is -2.47. The quantitative estimate of drug-likeness (QED) is 0.670. The minimum atomic E-state index is -0.201. The Hall–Kier alpha value is -0.770. The van der Waals surface area contributed by atoms with Gasteiger partial charge in [0.25, 0.3) is 0 Å². The summed E-state index contributed by atoms with van der Waals surface area (Å²) in [7, 11) is 3.91. The third-order valence-electron chi connectivity index (χ3n) is 2.70. The number of rotatable bonds is 2. The van der Waals surface area contributed by atoms with Crippen molar-refractivity contribution < 1.29 is 9.53 Å². The monoisotopic (exact) mass is 200 g/mol. The van der Waals surface area contributed by atoms with Gasteiger partial charge in [-0.25, -0.2) is 4.79 Å². The van der Waals surface area contributed by atoms with Gasteiger partial charge in [0.2, 0.25) is 0 Å². The minimum Gasteiger partial charge on any atom is -0.450 e. The van der Waals surface area contributed by atoms with Gasteiger partial charge in [-0.3, -0.25) is 0 Å². The van der Waals surface area contributed by atoms with Crippen LogP contribution in [-0.2, 0) is 4.74 Å². The molecule has 0 aromatic rings. The summed E-state index contributed by atoms with van der Waals surface area (Å²) in [6, 6.07) is 0.313. The molecule has 4 heteroatoms. The smallest absolute Gasteiger partial charge is 0.409 e. The third kappa shape index (κ3) is 2.87. The lowest BCUT2D eigenvalue weighted by Gasteiger charge is -2.35. The Labute approximate surface area is 85.8 Å². The van der Waals surface area contributed by atoms with E-state index in [0.717, 1.165) is 25.9 Å². The molecule has 0 aromatic carbocycles. The molecule has 0 aromatic heterocycles. The highest BCUT2D eigenvalue weighted by Crippen LogP contribution is 2.13. The molecule has 0 N–H and O–H groups in total. The molecule has 1 unspecified atom stereocenters. The second kappa shape index (κ2) is 5.20. The SMILES string of the molecule is CCOC(=O)N(C)C1CCCN(C)C1. The second-order valence-electron chi connectivity index (χ2n) is 3.87. The van der Waals surface area contributed by atoms with Crippen molar-refractivity contribution in [3.05, 3.63) is 0 Å². The van der Waals surface area contributed by atoms with Crippen molar-refractivity contribution in [1.29, 1.82) is 0 Å². The van der Waals surface area contributed by atoms with E-state index in [2.05, 4.69) is 11.9 Å². The van der Waals surface area contributed by atoms with Crippen LogP contribution in [0.5, 0.6) is 0 Å². The lowest BCUT2D eigenvalue weighted by atomic mass is 10.1. The average Bonchev–Trinajstić information content (AvgIpc) is 2.17. The van der Waals surface area contributed by atoms with Crippen LogP contribution in [0.25, 0.3) is 0 Å². The second-order valence-corrected chi connectivity index (χ2v) is 3.87. The Morgan fingerprint density at radius 2 is 2.36 bits per heavy atom. The van der Waals surface area contributed by atoms with Gasteiger partial charge in [0.15, 0.2) is 0 Å². The van der Waals surface area contributed by atoms with E-state index in [1.165, 1.54) is 0 Å². The van der Waals surface area contributed by atoms with Crippen molar-refractivity contribution >= 4 is 6.09 Å². The van der Waals surface area contributed by atoms with Gasteiger partial charge >= 0.3 is 6.09 Å². The van der Waals surface area contributed by atoms with Gasteiger partial charge in [-0.05, 0) is 33.4 Å². The molecule has 1 fully saturated rings. The van der Waals surface area contributed by atoms with Crippen LogP contribution in [0.3, 0.4) is 0 Å². The predicted molar refractivity (Wildman–Crippen MR) is 55.3 cm³/mol. The zero-order chi connectivity index (χ0) is 10.6. The Bertz CT molecular complexity index is 197. The van der Waals surface area contributed by atoms with Crippen LogP contribution in [0.2, 0.25) is 0 Å². The molecule has 0 aliphatic carbocycles. The number of amides is 1. The van der Waals surface area contributed by atoms with Gasteiger partial charge in [-0.1, -0.05) is 0 Å². The van der Waals surface area contributed by atoms with E-state index in [1.807, 2.05) is 14.0 Å². The van der Waals surface area contributed by atoms with Crippen molar-refractivity contribution in [1.82, 2.24) is 9.80 Å². The number of likely N-dealkylation sites (tertiary alicyclic amines) is 1. The van der Waals surface area contributed by atoms with Crippen molar-refractivity contribution in [2.45, 2.75) is 25.8 Å². The van der Waals surface area contributed by atoms with Crippen LogP contribution in [0, 0.1) is 0 Å². The summed E-state index contributed by atoms with van der Waals surface area (Å²) >= 11 is 0. The van der Waals surface area contributed by atoms with E-state index in [0.29, 0.717) is 12.6 Å². The summed E-state index contributed by atoms with van der Waals surface area (Å²) in [5, 5.41) is 0. The molecule has 1 aliphatic rings. The van der Waals surface area contributed by atoms with Gasteiger partial charge in [0, 0.05) is 19.6 Å². The van der Waals surface area contributed by atoms with E-state index in [-0.39, 0.29) is 6.09 Å². The largest absolute Gasteiger partial charge is 0.450 e. The summed E-state index contributed by atoms with van der Waals surface area (Å²) in [5.41, 5.74) is 0. The van der Waals surface area contributed by atoms with Crippen LogP contribution >= 0.6 is 0 Å². The summed E-state index contributed by atoms with van der Waals surface area (Å²) in [5.74, 6) is 0. The Morgan fingerprint density at radius 3 is 2.93 bits per heavy atom. The molecule has 1 heterocycles. The molecule has 1 saturated heterocycles. The Balaban J connectivity index is 2.42. The van der Waals surface area contributed by atoms with Crippen LogP contribution in [0.15, 0.2) is 0 Å². The van der Waals surface area contributed by atoms with E-state index >= 15 is 0 Å². The fraction of sp³-hybridized carbons (Fsp3) is 0.900. The maximum atomic E-state index is 11.4. The standard InChI is InChI=1S/C10H20N2O2/c1-4-14-10(13)12(3)9-6-5-7-11(2)8-9/h9H,4-8H2,1-3H3. The topological polar surface area (TPSA) is 32.8 Å². The number of hydrogen-bond donors (Lipinski definition) is 0. The normalized spacial score (nSPS) is 23.2. The molecule has 0 radical (unpaired) electrons. The predicted octanol–water partition coefficient (Wildman–Crippen LogP) is 1.17. The number of carbonyl (C=O) groups excluding carboxylic acids is 1. The zero-order valence-electron chi connectivity index (χ0n) is 9.32. The number of hydrogen-bond acceptors (Lipinski definition) is 3. The number of piperidine rings is 1. The van der Waals surface area contributed by atoms with Gasteiger partial charge in [-0.15, -0.1) is 0 Å². The number of carbonyl (C=O) groups is 1. The molecule has 0 spiro atoms. The maximum absolute atomic E-state index is 11.4. The van der Waals surface area contributed by atoms with Crippen molar-refractivity contribution in [2.75, 3.05) is 33.8 Å². The van der Waals surface area contributed by atoms with Gasteiger partial charge < -0.3 is 14.5 Å². The summed E-state index contributed by atoms with van der Waals surface area (Å²) in [4.78, 5) is 15.4. The highest BCUT2D eigenvalue weighted by molar-refractivity contribution is 5.67. The van der Waals surface area contributed by atoms with Crippen molar-refractivity contribution in [3.8, 4) is 0 Å². The molecule has 14 heavy (non-hydrogen) atoms. The Kier molecular flexibility index (Phi) is 4.20. The van der Waals surface area contributed by atoms with Crippen molar-refractivity contribution in [3.63, 3.8) is 0 Å². The number of likely N-dealkylation sites (N-methyl/N-ethyl adjacent to an activating group) is 2. The minimum absolute atomic E-state index is 0.201. The molecule has 4 nitrogen and oxygen atoms in total. The fourth-order valence-corrected chi connectivity index (χ4v) is 1.83. The molecule has 1 atom stereocenters. The van der Waals surface area contributed by atoms with Crippen LogP contribution in [0.1, 0.15) is 19.8 Å². The van der Waals surface area contributed by atoms with Gasteiger partial charge in [0.05, 0.1) is 6.61 Å². The van der Waals surface area contributed by atoms with Crippen LogP contribution < -0.4 is 0 Å². The third-order valence-corrected chi connectivity index (χ3v) is 2.70. The van der Waals surface area contributed by atoms with Gasteiger partial charge in [-0.2, -0.15) is 0 Å². The molecule has 1 amide bonds. The molecular formula is C10H20N2O2. The molecule has 1 aliphatic heterocycles. The first-order chi connectivity index (χ1) is 6.65. The highest BCUT2D eigenvalue weighted by Gasteiger charge is 2.24. The highest BCUT2D eigenvalue weighted by atomic mass is 16.6. The zero-order valence-corrected chi connectivity index (χ0v) is 9.32. The fourth-order valence-electron chi connectivity index (χ4n) is 1.83. The maximum Gasteiger partial charge on any atom is 0.409 e. The van der Waals surface area contributed by atoms with E-state index < -0.39 is 0 Å². The van der Waals surface area contributed by atoms with E-state index in [9.17, 15) is 4.79 Å². The van der Waals surface area contributed by atoms with Crippen LogP contribution in [0.4, 0.5) is 4.79 Å². The van der Waals surface area contributed by atoms with Crippen molar-refractivity contribution in [2.24, 2.45) is 0 Å². The van der Waals surface area contributed by atoms with Crippen LogP contribution in [-0.4, -0.2) is 55.7 Å². The first-order valence-electron chi connectivity index (χ1n) is 5.23. The molecule has 0 saturated carbocycles. The first kappa shape index (κ1) is 11.3. The van der Waals surface area contributed by atoms with Gasteiger partial charge in [0.1, 0.15) is 0 Å². The summed E-state index contributed by atoms with van der Waals surface area (Å²) in [6.07, 6.45) is 2.04. The van der Waals surface area contributed by atoms with E-state index in [1.54, 1.807) is 4.90 Å². The average molecular weight is 200 g/mol. The Morgan fingerprint density at radius 1 is 1.64 bits per heavy atom. The molecular weight excluding hydrogens is 180 g/mol.